The molecule has 6 heteroatoms. The smallest absolute Gasteiger partial charge is 0.584 e. The van der Waals surface area contributed by atoms with Crippen LogP contribution in [-0.2, 0) is 0 Å². The van der Waals surface area contributed by atoms with E-state index in [4.69, 9.17) is 5.84 Å². The van der Waals surface area contributed by atoms with Crippen molar-refractivity contribution in [3.05, 3.63) is 30.1 Å². The molecule has 1 aromatic rings. The van der Waals surface area contributed by atoms with Crippen LogP contribution in [0.4, 0.5) is 14.5 Å². The Balaban J connectivity index is 0.00000169. The number of nitrogens with zero attached hydrogens (tertiary/aromatic N) is 1. The zero-order valence-electron chi connectivity index (χ0n) is 8.00. The van der Waals surface area contributed by atoms with Crippen LogP contribution in [0.25, 0.3) is 5.84 Å². The number of anilines is 1. The predicted molar refractivity (Wildman–Crippen MR) is 45.8 cm³/mol. The molecule has 1 aromatic carbocycles. The zero-order valence-corrected chi connectivity index (χ0v) is 11.1. The summed E-state index contributed by atoms with van der Waals surface area (Å²) in [6, 6.07) is 5.86. The van der Waals surface area contributed by atoms with Crippen LogP contribution in [0, 0.1) is 0 Å². The van der Waals surface area contributed by atoms with Gasteiger partial charge in [-0.3, -0.25) is 0 Å². The third-order valence-electron chi connectivity index (χ3n) is 1.45. The minimum absolute atomic E-state index is 0. The number of nitrogens with one attached hydrogen (secondary N) is 1. The molecule has 0 bridgehead atoms. The molecule has 0 aliphatic carbocycles. The van der Waals surface area contributed by atoms with Gasteiger partial charge in [-0.1, -0.05) is 0 Å². The summed E-state index contributed by atoms with van der Waals surface area (Å²) in [7, 11) is 1.54. The summed E-state index contributed by atoms with van der Waals surface area (Å²) in [5.74, 6) is 7.27. The van der Waals surface area contributed by atoms with Crippen LogP contribution in [-0.4, -0.2) is 13.7 Å². The van der Waals surface area contributed by atoms with Crippen molar-refractivity contribution in [1.82, 2.24) is 0 Å². The van der Waals surface area contributed by atoms with Gasteiger partial charge in [0.25, 0.3) is 0 Å². The van der Waals surface area contributed by atoms with Gasteiger partial charge in [0.2, 0.25) is 0 Å². The van der Waals surface area contributed by atoms with E-state index in [-0.39, 0.29) is 57.1 Å². The first-order valence-electron chi connectivity index (χ1n) is 3.59. The van der Waals surface area contributed by atoms with Crippen LogP contribution in [0.15, 0.2) is 24.3 Å². The molecule has 1 rings (SSSR count). The summed E-state index contributed by atoms with van der Waals surface area (Å²) in [4.78, 5) is 0. The van der Waals surface area contributed by atoms with Crippen LogP contribution >= 0.6 is 0 Å². The van der Waals surface area contributed by atoms with Crippen molar-refractivity contribution in [1.29, 1.82) is 0 Å². The first kappa shape index (κ1) is 14.3. The minimum atomic E-state index is -2.81. The van der Waals surface area contributed by atoms with Crippen LogP contribution in [0.5, 0.6) is 5.75 Å². The molecule has 0 heterocycles. The molecule has 0 aromatic heterocycles. The first-order chi connectivity index (χ1) is 6.09. The molecule has 0 aliphatic heterocycles. The quantitative estimate of drug-likeness (QED) is 0.524. The maximum absolute atomic E-state index is 11.7. The minimum Gasteiger partial charge on any atom is -0.584 e. The zero-order chi connectivity index (χ0) is 9.84. The second-order valence-electron chi connectivity index (χ2n) is 2.43. The second-order valence-corrected chi connectivity index (χ2v) is 2.43. The molecule has 0 aliphatic rings. The topological polar surface area (TPSA) is 36.3 Å². The number of hydrogen-bond acceptors (Lipinski definition) is 2. The van der Waals surface area contributed by atoms with Crippen molar-refractivity contribution in [2.75, 3.05) is 12.1 Å². The number of ether oxygens (including phenoxy) is 1. The molecular weight excluding hydrogens is 217 g/mol. The van der Waals surface area contributed by atoms with Gasteiger partial charge in [0.05, 0.1) is 0 Å². The molecule has 0 atom stereocenters. The Morgan fingerprint density at radius 3 is 2.14 bits per heavy atom. The van der Waals surface area contributed by atoms with E-state index in [1.54, 1.807) is 7.05 Å². The fourth-order valence-electron chi connectivity index (χ4n) is 0.851. The van der Waals surface area contributed by atoms with E-state index in [1.807, 2.05) is 0 Å². The van der Waals surface area contributed by atoms with Crippen LogP contribution in [0.3, 0.4) is 0 Å². The monoisotopic (exact) mass is 226 g/mol. The van der Waals surface area contributed by atoms with E-state index >= 15 is 0 Å². The summed E-state index contributed by atoms with van der Waals surface area (Å²) in [5, 5.41) is 1.13. The molecule has 0 radical (unpaired) electrons. The molecule has 72 valence electrons. The van der Waals surface area contributed by atoms with Crippen LogP contribution < -0.4 is 61.1 Å². The second kappa shape index (κ2) is 6.70. The Morgan fingerprint density at radius 2 is 1.79 bits per heavy atom. The SMILES string of the molecule is CN([NH-])c1ccc(OC(F)F)cc1.[K+]. The predicted octanol–water partition coefficient (Wildman–Crippen LogP) is -0.305. The summed E-state index contributed by atoms with van der Waals surface area (Å²) < 4.78 is 27.6. The molecule has 14 heavy (non-hydrogen) atoms. The Bertz CT molecular complexity index is 267. The molecule has 0 fully saturated rings. The Kier molecular flexibility index (Phi) is 6.84. The summed E-state index contributed by atoms with van der Waals surface area (Å²) in [6.07, 6.45) is 0. The maximum atomic E-state index is 11.7. The molecule has 1 N–H and O–H groups in total. The van der Waals surface area contributed by atoms with Crippen molar-refractivity contribution < 1.29 is 64.9 Å². The Hall–Kier alpha value is 0.276. The van der Waals surface area contributed by atoms with E-state index in [0.29, 0.717) is 5.69 Å². The molecule has 0 saturated heterocycles. The standard InChI is InChI=1S/C8H9F2N2O.K/c1-12(11)6-2-4-7(5-3-6)13-8(9)10;/h2-5,8,11H,1H3;/q-1;+1. The van der Waals surface area contributed by atoms with Crippen molar-refractivity contribution in [2.24, 2.45) is 0 Å². The van der Waals surface area contributed by atoms with Crippen LogP contribution in [0.2, 0.25) is 0 Å². The van der Waals surface area contributed by atoms with Gasteiger partial charge in [0.1, 0.15) is 5.75 Å². The van der Waals surface area contributed by atoms with E-state index in [2.05, 4.69) is 4.74 Å². The number of rotatable bonds is 3. The van der Waals surface area contributed by atoms with E-state index in [1.165, 1.54) is 24.3 Å². The van der Waals surface area contributed by atoms with Gasteiger partial charge in [-0.2, -0.15) is 8.78 Å². The van der Waals surface area contributed by atoms with Crippen LogP contribution in [0.1, 0.15) is 0 Å². The molecule has 0 unspecified atom stereocenters. The number of halogens is 2. The van der Waals surface area contributed by atoms with Crippen molar-refractivity contribution in [2.45, 2.75) is 6.61 Å². The van der Waals surface area contributed by atoms with E-state index in [0.717, 1.165) is 5.01 Å². The number of alkyl halides is 2. The molecule has 0 saturated carbocycles. The first-order valence-corrected chi connectivity index (χ1v) is 3.59. The molecular formula is C8H9F2KN2O. The van der Waals surface area contributed by atoms with Crippen molar-refractivity contribution >= 4 is 5.69 Å². The van der Waals surface area contributed by atoms with Gasteiger partial charge in [-0.25, -0.2) is 0 Å². The van der Waals surface area contributed by atoms with Gasteiger partial charge >= 0.3 is 58.0 Å². The maximum Gasteiger partial charge on any atom is 1.00 e. The molecule has 0 spiro atoms. The third kappa shape index (κ3) is 4.67. The molecule has 3 nitrogen and oxygen atoms in total. The van der Waals surface area contributed by atoms with Crippen molar-refractivity contribution in [3.8, 4) is 5.75 Å². The molecule has 0 amide bonds. The largest absolute Gasteiger partial charge is 1.00 e. The van der Waals surface area contributed by atoms with Gasteiger partial charge in [0, 0.05) is 5.69 Å². The summed E-state index contributed by atoms with van der Waals surface area (Å²) in [5.41, 5.74) is 0.613. The summed E-state index contributed by atoms with van der Waals surface area (Å²) >= 11 is 0. The Labute approximate surface area is 124 Å². The Morgan fingerprint density at radius 1 is 1.29 bits per heavy atom. The van der Waals surface area contributed by atoms with E-state index < -0.39 is 6.61 Å². The summed E-state index contributed by atoms with van der Waals surface area (Å²) in [6.45, 7) is -2.81. The van der Waals surface area contributed by atoms with Gasteiger partial charge in [-0.15, -0.1) is 0 Å². The fourth-order valence-corrected chi connectivity index (χ4v) is 0.851. The average Bonchev–Trinajstić information content (AvgIpc) is 2.04. The van der Waals surface area contributed by atoms with Gasteiger partial charge in [-0.05, 0) is 31.3 Å². The third-order valence-corrected chi connectivity index (χ3v) is 1.45. The van der Waals surface area contributed by atoms with E-state index in [9.17, 15) is 8.78 Å². The number of benzene rings is 1. The number of hydrogen-bond donors (Lipinski definition) is 0. The normalized spacial score (nSPS) is 9.50. The average molecular weight is 226 g/mol. The fraction of sp³-hybridized carbons (Fsp3) is 0.250. The van der Waals surface area contributed by atoms with Crippen molar-refractivity contribution in [3.63, 3.8) is 0 Å². The van der Waals surface area contributed by atoms with Gasteiger partial charge in [0.15, 0.2) is 0 Å². The van der Waals surface area contributed by atoms with Gasteiger partial charge < -0.3 is 15.6 Å².